The Morgan fingerprint density at radius 2 is 1.74 bits per heavy atom. The fourth-order valence-electron chi connectivity index (χ4n) is 3.74. The molecule has 0 aromatic heterocycles. The first-order valence-electron chi connectivity index (χ1n) is 9.37. The zero-order valence-electron chi connectivity index (χ0n) is 14.5. The minimum Gasteiger partial charge on any atom is -0.492 e. The summed E-state index contributed by atoms with van der Waals surface area (Å²) in [5.74, 6) is 0.987. The summed E-state index contributed by atoms with van der Waals surface area (Å²) >= 11 is 0. The van der Waals surface area contributed by atoms with E-state index in [0.717, 1.165) is 32.0 Å². The number of ether oxygens (including phenoxy) is 2. The average Bonchev–Trinajstić information content (AvgIpc) is 2.58. The van der Waals surface area contributed by atoms with Crippen LogP contribution in [-0.4, -0.2) is 43.3 Å². The summed E-state index contributed by atoms with van der Waals surface area (Å²) in [4.78, 5) is 2.51. The highest BCUT2D eigenvalue weighted by atomic mass is 16.5. The maximum Gasteiger partial charge on any atom is 0.119 e. The highest BCUT2D eigenvalue weighted by Gasteiger charge is 2.23. The van der Waals surface area contributed by atoms with Crippen LogP contribution in [0.25, 0.3) is 0 Å². The number of benzene rings is 1. The second-order valence-electron chi connectivity index (χ2n) is 7.10. The van der Waals surface area contributed by atoms with Gasteiger partial charge in [-0.2, -0.15) is 0 Å². The van der Waals surface area contributed by atoms with E-state index in [2.05, 4.69) is 30.0 Å². The smallest absolute Gasteiger partial charge is 0.119 e. The Balaban J connectivity index is 1.31. The molecule has 0 bridgehead atoms. The van der Waals surface area contributed by atoms with Gasteiger partial charge in [-0.1, -0.05) is 31.4 Å². The van der Waals surface area contributed by atoms with E-state index >= 15 is 0 Å². The average molecular weight is 317 g/mol. The summed E-state index contributed by atoms with van der Waals surface area (Å²) in [7, 11) is 0. The van der Waals surface area contributed by atoms with E-state index < -0.39 is 0 Å². The molecule has 1 aromatic rings. The van der Waals surface area contributed by atoms with Gasteiger partial charge >= 0.3 is 0 Å². The van der Waals surface area contributed by atoms with Gasteiger partial charge in [0.25, 0.3) is 0 Å². The third-order valence-corrected chi connectivity index (χ3v) is 5.14. The number of aryl methyl sites for hydroxylation is 1. The van der Waals surface area contributed by atoms with Gasteiger partial charge < -0.3 is 9.47 Å². The molecule has 0 amide bonds. The predicted molar refractivity (Wildman–Crippen MR) is 94.1 cm³/mol. The molecule has 1 heterocycles. The molecule has 0 N–H and O–H groups in total. The van der Waals surface area contributed by atoms with Crippen molar-refractivity contribution in [2.75, 3.05) is 26.2 Å². The predicted octanol–water partition coefficient (Wildman–Crippen LogP) is 4.19. The van der Waals surface area contributed by atoms with Gasteiger partial charge in [0.05, 0.1) is 12.2 Å². The molecule has 2 fully saturated rings. The van der Waals surface area contributed by atoms with E-state index in [4.69, 9.17) is 9.47 Å². The minimum atomic E-state index is 0.493. The Kier molecular flexibility index (Phi) is 6.35. The summed E-state index contributed by atoms with van der Waals surface area (Å²) in [5.41, 5.74) is 1.25. The summed E-state index contributed by atoms with van der Waals surface area (Å²) in [6.07, 6.45) is 10.1. The lowest BCUT2D eigenvalue weighted by atomic mass is 9.97. The van der Waals surface area contributed by atoms with Crippen LogP contribution < -0.4 is 4.74 Å². The first-order valence-corrected chi connectivity index (χ1v) is 9.37. The minimum absolute atomic E-state index is 0.493. The zero-order chi connectivity index (χ0) is 15.9. The lowest BCUT2D eigenvalue weighted by molar-refractivity contribution is -0.0564. The van der Waals surface area contributed by atoms with E-state index in [0.29, 0.717) is 12.2 Å². The van der Waals surface area contributed by atoms with Crippen molar-refractivity contribution in [3.8, 4) is 5.75 Å². The Morgan fingerprint density at radius 3 is 2.48 bits per heavy atom. The van der Waals surface area contributed by atoms with Crippen LogP contribution in [-0.2, 0) is 4.74 Å². The SMILES string of the molecule is Cc1cccc(OCCN2CCC(OC3CCCCC3)CC2)c1. The van der Waals surface area contributed by atoms with E-state index in [1.54, 1.807) is 0 Å². The molecular formula is C20H31NO2. The molecule has 3 heteroatoms. The molecule has 0 spiro atoms. The molecule has 3 rings (SSSR count). The van der Waals surface area contributed by atoms with E-state index in [1.165, 1.54) is 50.5 Å². The normalized spacial score (nSPS) is 21.4. The number of piperidine rings is 1. The van der Waals surface area contributed by atoms with E-state index in [1.807, 2.05) is 6.07 Å². The Morgan fingerprint density at radius 1 is 1.00 bits per heavy atom. The first kappa shape index (κ1) is 16.8. The molecule has 1 aliphatic carbocycles. The second kappa shape index (κ2) is 8.70. The molecule has 1 aromatic carbocycles. The highest BCUT2D eigenvalue weighted by molar-refractivity contribution is 5.27. The summed E-state index contributed by atoms with van der Waals surface area (Å²) in [5, 5.41) is 0. The van der Waals surface area contributed by atoms with Crippen LogP contribution in [0.2, 0.25) is 0 Å². The zero-order valence-corrected chi connectivity index (χ0v) is 14.5. The molecule has 23 heavy (non-hydrogen) atoms. The molecule has 1 saturated heterocycles. The number of hydrogen-bond acceptors (Lipinski definition) is 3. The number of likely N-dealkylation sites (tertiary alicyclic amines) is 1. The quantitative estimate of drug-likeness (QED) is 0.785. The van der Waals surface area contributed by atoms with Crippen molar-refractivity contribution >= 4 is 0 Å². The number of hydrogen-bond donors (Lipinski definition) is 0. The van der Waals surface area contributed by atoms with Crippen molar-refractivity contribution in [2.24, 2.45) is 0 Å². The number of rotatable bonds is 6. The monoisotopic (exact) mass is 317 g/mol. The van der Waals surface area contributed by atoms with Crippen molar-refractivity contribution in [1.82, 2.24) is 4.90 Å². The van der Waals surface area contributed by atoms with E-state index in [9.17, 15) is 0 Å². The van der Waals surface area contributed by atoms with Gasteiger partial charge in [0, 0.05) is 19.6 Å². The summed E-state index contributed by atoms with van der Waals surface area (Å²) < 4.78 is 12.2. The fourth-order valence-corrected chi connectivity index (χ4v) is 3.74. The van der Waals surface area contributed by atoms with Crippen LogP contribution in [0.4, 0.5) is 0 Å². The maximum absolute atomic E-state index is 6.31. The van der Waals surface area contributed by atoms with Crippen LogP contribution in [0.3, 0.4) is 0 Å². The molecule has 3 nitrogen and oxygen atoms in total. The molecule has 1 aliphatic heterocycles. The molecule has 128 valence electrons. The molecule has 1 saturated carbocycles. The van der Waals surface area contributed by atoms with Gasteiger partial charge in [-0.05, 0) is 50.3 Å². The number of nitrogens with zero attached hydrogens (tertiary/aromatic N) is 1. The van der Waals surface area contributed by atoms with Crippen LogP contribution in [0, 0.1) is 6.92 Å². The van der Waals surface area contributed by atoms with Gasteiger partial charge in [-0.3, -0.25) is 4.90 Å². The van der Waals surface area contributed by atoms with Crippen LogP contribution >= 0.6 is 0 Å². The molecule has 2 aliphatic rings. The topological polar surface area (TPSA) is 21.7 Å². The van der Waals surface area contributed by atoms with Crippen LogP contribution in [0.1, 0.15) is 50.5 Å². The Hall–Kier alpha value is -1.06. The van der Waals surface area contributed by atoms with Crippen LogP contribution in [0.15, 0.2) is 24.3 Å². The Labute approximate surface area is 141 Å². The molecule has 0 atom stereocenters. The largest absolute Gasteiger partial charge is 0.492 e. The van der Waals surface area contributed by atoms with Crippen molar-refractivity contribution in [1.29, 1.82) is 0 Å². The second-order valence-corrected chi connectivity index (χ2v) is 7.10. The Bertz CT molecular complexity index is 462. The van der Waals surface area contributed by atoms with Crippen LogP contribution in [0.5, 0.6) is 5.75 Å². The molecule has 0 radical (unpaired) electrons. The third kappa shape index (κ3) is 5.50. The highest BCUT2D eigenvalue weighted by Crippen LogP contribution is 2.24. The molecule has 0 unspecified atom stereocenters. The van der Waals surface area contributed by atoms with Gasteiger partial charge in [0.2, 0.25) is 0 Å². The summed E-state index contributed by atoms with van der Waals surface area (Å²) in [6, 6.07) is 8.30. The van der Waals surface area contributed by atoms with E-state index in [-0.39, 0.29) is 0 Å². The van der Waals surface area contributed by atoms with Gasteiger partial charge in [0.1, 0.15) is 12.4 Å². The van der Waals surface area contributed by atoms with Crippen molar-refractivity contribution in [3.05, 3.63) is 29.8 Å². The van der Waals surface area contributed by atoms with Crippen molar-refractivity contribution in [2.45, 2.75) is 64.1 Å². The fraction of sp³-hybridized carbons (Fsp3) is 0.700. The maximum atomic E-state index is 6.31. The summed E-state index contributed by atoms with van der Waals surface area (Å²) in [6.45, 7) is 6.19. The van der Waals surface area contributed by atoms with Crippen molar-refractivity contribution < 1.29 is 9.47 Å². The van der Waals surface area contributed by atoms with Crippen molar-refractivity contribution in [3.63, 3.8) is 0 Å². The standard InChI is InChI=1S/C20H31NO2/c1-17-6-5-9-20(16-17)22-15-14-21-12-10-19(11-13-21)23-18-7-3-2-4-8-18/h5-6,9,16,18-19H,2-4,7-8,10-15H2,1H3. The van der Waals surface area contributed by atoms with Gasteiger partial charge in [-0.15, -0.1) is 0 Å². The lowest BCUT2D eigenvalue weighted by Crippen LogP contribution is -2.40. The third-order valence-electron chi connectivity index (χ3n) is 5.14. The first-order chi connectivity index (χ1) is 11.3. The van der Waals surface area contributed by atoms with Gasteiger partial charge in [0.15, 0.2) is 0 Å². The lowest BCUT2D eigenvalue weighted by Gasteiger charge is -2.34. The van der Waals surface area contributed by atoms with Gasteiger partial charge in [-0.25, -0.2) is 0 Å². The molecular weight excluding hydrogens is 286 g/mol.